The maximum atomic E-state index is 6.30. The van der Waals surface area contributed by atoms with Gasteiger partial charge in [0, 0.05) is 48.4 Å². The van der Waals surface area contributed by atoms with Gasteiger partial charge in [-0.05, 0) is 58.2 Å². The Kier molecular flexibility index (Phi) is 5.00. The van der Waals surface area contributed by atoms with Gasteiger partial charge in [-0.15, -0.1) is 0 Å². The molecule has 3 aromatic carbocycles. The van der Waals surface area contributed by atoms with E-state index < -0.39 is 0 Å². The molecule has 3 aromatic rings. The largest absolute Gasteiger partial charge is 0.495 e. The highest BCUT2D eigenvalue weighted by molar-refractivity contribution is 5.97. The molecular formula is C33H32N2O2. The van der Waals surface area contributed by atoms with Crippen LogP contribution in [0.4, 0.5) is 11.4 Å². The summed E-state index contributed by atoms with van der Waals surface area (Å²) < 4.78 is 12.3. The number of para-hydroxylation sites is 1. The zero-order valence-corrected chi connectivity index (χ0v) is 21.7. The Labute approximate surface area is 219 Å². The zero-order valence-electron chi connectivity index (χ0n) is 21.7. The van der Waals surface area contributed by atoms with Crippen molar-refractivity contribution in [3.05, 3.63) is 119 Å². The average molecular weight is 489 g/mol. The molecule has 0 radical (unpaired) electrons. The molecule has 1 atom stereocenters. The standard InChI is InChI=1S/C33H32N2O2/c1-33(2)27-14-8-7-12-23(27)30-25-20-28(35-17-15-34(16-18-35)22-10-5-4-6-11-22)29(36-3)21-26(25)32-24(31(30)33)13-9-19-37-32/h4-14,19-21,32H,15-18H2,1-3H3. The molecule has 2 aliphatic heterocycles. The second-order valence-corrected chi connectivity index (χ2v) is 10.8. The van der Waals surface area contributed by atoms with Gasteiger partial charge in [0.1, 0.15) is 11.9 Å². The number of methoxy groups -OCH3 is 1. The Morgan fingerprint density at radius 2 is 1.59 bits per heavy atom. The third-order valence-electron chi connectivity index (χ3n) is 8.53. The number of nitrogens with zero attached hydrogens (tertiary/aromatic N) is 2. The van der Waals surface area contributed by atoms with Gasteiger partial charge >= 0.3 is 0 Å². The van der Waals surface area contributed by atoms with Gasteiger partial charge in [-0.2, -0.15) is 0 Å². The molecule has 2 heterocycles. The number of allylic oxidation sites excluding steroid dienone is 2. The van der Waals surface area contributed by atoms with Gasteiger partial charge in [-0.1, -0.05) is 62.4 Å². The molecule has 186 valence electrons. The first-order valence-corrected chi connectivity index (χ1v) is 13.2. The fourth-order valence-electron chi connectivity index (χ4n) is 6.77. The number of piperazine rings is 1. The average Bonchev–Trinajstić information content (AvgIpc) is 3.20. The summed E-state index contributed by atoms with van der Waals surface area (Å²) in [6, 6.07) is 24.2. The van der Waals surface area contributed by atoms with Gasteiger partial charge in [0.25, 0.3) is 0 Å². The van der Waals surface area contributed by atoms with E-state index in [-0.39, 0.29) is 11.5 Å². The maximum absolute atomic E-state index is 6.30. The summed E-state index contributed by atoms with van der Waals surface area (Å²) in [5.74, 6) is 0.916. The molecule has 0 N–H and O–H groups in total. The summed E-state index contributed by atoms with van der Waals surface area (Å²) in [5, 5.41) is 0. The Balaban J connectivity index is 1.35. The molecule has 4 nitrogen and oxygen atoms in total. The number of hydrogen-bond acceptors (Lipinski definition) is 4. The van der Waals surface area contributed by atoms with E-state index in [0.717, 1.165) is 31.9 Å². The third kappa shape index (κ3) is 3.28. The molecule has 2 aliphatic carbocycles. The number of anilines is 2. The summed E-state index contributed by atoms with van der Waals surface area (Å²) in [6.45, 7) is 8.57. The smallest absolute Gasteiger partial charge is 0.149 e. The fraction of sp³-hybridized carbons (Fsp3) is 0.273. The van der Waals surface area contributed by atoms with E-state index in [4.69, 9.17) is 9.47 Å². The summed E-state index contributed by atoms with van der Waals surface area (Å²) in [6.07, 6.45) is 5.97. The van der Waals surface area contributed by atoms with Crippen LogP contribution < -0.4 is 14.5 Å². The van der Waals surface area contributed by atoms with Crippen LogP contribution in [0.25, 0.3) is 5.57 Å². The monoisotopic (exact) mass is 488 g/mol. The predicted octanol–water partition coefficient (Wildman–Crippen LogP) is 6.64. The van der Waals surface area contributed by atoms with Crippen LogP contribution in [0.15, 0.2) is 96.3 Å². The van der Waals surface area contributed by atoms with Gasteiger partial charge in [0.15, 0.2) is 0 Å². The van der Waals surface area contributed by atoms with Gasteiger partial charge in [0.05, 0.1) is 19.1 Å². The first-order valence-electron chi connectivity index (χ1n) is 13.2. The van der Waals surface area contributed by atoms with E-state index in [9.17, 15) is 0 Å². The highest BCUT2D eigenvalue weighted by Crippen LogP contribution is 2.59. The van der Waals surface area contributed by atoms with Crippen molar-refractivity contribution in [1.82, 2.24) is 0 Å². The SMILES string of the molecule is COc1cc2c(cc1N1CCN(c3ccccc3)CC1)C1=C(C3=CC=COC32)C(C)(C)c2ccccc21. The molecular weight excluding hydrogens is 456 g/mol. The maximum Gasteiger partial charge on any atom is 0.149 e. The summed E-state index contributed by atoms with van der Waals surface area (Å²) in [4.78, 5) is 4.95. The topological polar surface area (TPSA) is 24.9 Å². The van der Waals surface area contributed by atoms with Crippen molar-refractivity contribution in [2.45, 2.75) is 25.4 Å². The minimum absolute atomic E-state index is 0.0936. The van der Waals surface area contributed by atoms with E-state index in [1.807, 2.05) is 12.3 Å². The van der Waals surface area contributed by atoms with Crippen LogP contribution in [-0.4, -0.2) is 33.3 Å². The molecule has 4 aliphatic rings. The Bertz CT molecular complexity index is 1470. The molecule has 1 fully saturated rings. The van der Waals surface area contributed by atoms with Crippen molar-refractivity contribution in [2.75, 3.05) is 43.1 Å². The van der Waals surface area contributed by atoms with E-state index in [2.05, 4.69) is 96.5 Å². The molecule has 7 rings (SSSR count). The van der Waals surface area contributed by atoms with E-state index >= 15 is 0 Å². The van der Waals surface area contributed by atoms with Crippen LogP contribution >= 0.6 is 0 Å². The first kappa shape index (κ1) is 22.3. The minimum atomic E-state index is -0.120. The number of fused-ring (bicyclic) bond motifs is 7. The molecule has 1 saturated heterocycles. The second-order valence-electron chi connectivity index (χ2n) is 10.8. The van der Waals surface area contributed by atoms with Crippen molar-refractivity contribution in [2.24, 2.45) is 0 Å². The van der Waals surface area contributed by atoms with E-state index in [1.54, 1.807) is 7.11 Å². The molecule has 37 heavy (non-hydrogen) atoms. The highest BCUT2D eigenvalue weighted by Gasteiger charge is 2.46. The van der Waals surface area contributed by atoms with Crippen LogP contribution in [-0.2, 0) is 10.2 Å². The van der Waals surface area contributed by atoms with Gasteiger partial charge < -0.3 is 19.3 Å². The number of benzene rings is 3. The fourth-order valence-corrected chi connectivity index (χ4v) is 6.77. The van der Waals surface area contributed by atoms with Crippen LogP contribution in [0.2, 0.25) is 0 Å². The molecule has 0 amide bonds. The normalized spacial score (nSPS) is 20.9. The summed E-state index contributed by atoms with van der Waals surface area (Å²) in [5.41, 5.74) is 11.5. The lowest BCUT2D eigenvalue weighted by atomic mass is 9.72. The Hall–Kier alpha value is -3.92. The van der Waals surface area contributed by atoms with Crippen molar-refractivity contribution in [3.8, 4) is 5.75 Å². The van der Waals surface area contributed by atoms with E-state index in [0.29, 0.717) is 0 Å². The number of hydrogen-bond donors (Lipinski definition) is 0. The molecule has 0 saturated carbocycles. The minimum Gasteiger partial charge on any atom is -0.495 e. The molecule has 4 heteroatoms. The van der Waals surface area contributed by atoms with E-state index in [1.165, 1.54) is 50.3 Å². The van der Waals surface area contributed by atoms with Crippen LogP contribution in [0.3, 0.4) is 0 Å². The molecule has 0 bridgehead atoms. The van der Waals surface area contributed by atoms with Crippen molar-refractivity contribution in [3.63, 3.8) is 0 Å². The number of ether oxygens (including phenoxy) is 2. The second kappa shape index (κ2) is 8.31. The Morgan fingerprint density at radius 1 is 0.865 bits per heavy atom. The van der Waals surface area contributed by atoms with Crippen molar-refractivity contribution < 1.29 is 9.47 Å². The molecule has 0 aromatic heterocycles. The van der Waals surface area contributed by atoms with Crippen LogP contribution in [0, 0.1) is 0 Å². The van der Waals surface area contributed by atoms with Gasteiger partial charge in [0.2, 0.25) is 0 Å². The highest BCUT2D eigenvalue weighted by atomic mass is 16.5. The molecule has 1 unspecified atom stereocenters. The van der Waals surface area contributed by atoms with Gasteiger partial charge in [-0.25, -0.2) is 0 Å². The Morgan fingerprint density at radius 3 is 2.38 bits per heavy atom. The lowest BCUT2D eigenvalue weighted by Gasteiger charge is -2.39. The first-order chi connectivity index (χ1) is 18.1. The third-order valence-corrected chi connectivity index (χ3v) is 8.53. The lowest BCUT2D eigenvalue weighted by molar-refractivity contribution is 0.173. The summed E-state index contributed by atoms with van der Waals surface area (Å²) >= 11 is 0. The quantitative estimate of drug-likeness (QED) is 0.413. The van der Waals surface area contributed by atoms with Crippen LogP contribution in [0.1, 0.15) is 42.2 Å². The van der Waals surface area contributed by atoms with Crippen molar-refractivity contribution in [1.29, 1.82) is 0 Å². The lowest BCUT2D eigenvalue weighted by Crippen LogP contribution is -2.46. The van der Waals surface area contributed by atoms with Gasteiger partial charge in [-0.3, -0.25) is 0 Å². The number of rotatable bonds is 3. The molecule has 0 spiro atoms. The van der Waals surface area contributed by atoms with Crippen LogP contribution in [0.5, 0.6) is 5.75 Å². The predicted molar refractivity (Wildman–Crippen MR) is 150 cm³/mol. The zero-order chi connectivity index (χ0) is 25.1. The summed E-state index contributed by atoms with van der Waals surface area (Å²) in [7, 11) is 1.78. The van der Waals surface area contributed by atoms with Crippen molar-refractivity contribution >= 4 is 16.9 Å².